The molecule has 0 spiro atoms. The van der Waals surface area contributed by atoms with Crippen molar-refractivity contribution >= 4 is 27.5 Å². The zero-order valence-electron chi connectivity index (χ0n) is 22.3. The van der Waals surface area contributed by atoms with E-state index in [1.807, 2.05) is 25.5 Å². The topological polar surface area (TPSA) is 29.9 Å². The van der Waals surface area contributed by atoms with Crippen LogP contribution in [0.25, 0.3) is 44.3 Å². The van der Waals surface area contributed by atoms with Crippen molar-refractivity contribution in [1.82, 2.24) is 14.9 Å². The third-order valence-electron chi connectivity index (χ3n) is 7.66. The Balaban J connectivity index is 0.000000348. The number of pyridine rings is 1. The highest BCUT2D eigenvalue weighted by atomic mass is 15.0. The summed E-state index contributed by atoms with van der Waals surface area (Å²) in [6.45, 7) is 8.61. The maximum Gasteiger partial charge on any atom is 0.0547 e. The van der Waals surface area contributed by atoms with Gasteiger partial charge in [0.15, 0.2) is 0 Å². The minimum Gasteiger partial charge on any atom is -0.388 e. The van der Waals surface area contributed by atoms with E-state index in [4.69, 9.17) is 0 Å². The lowest BCUT2D eigenvalue weighted by molar-refractivity contribution is 0.385. The highest BCUT2D eigenvalue weighted by Crippen LogP contribution is 2.38. The number of benzene rings is 3. The van der Waals surface area contributed by atoms with E-state index in [0.29, 0.717) is 0 Å². The highest BCUT2D eigenvalue weighted by molar-refractivity contribution is 6.15. The minimum absolute atomic E-state index is 0.931. The van der Waals surface area contributed by atoms with Gasteiger partial charge in [0.2, 0.25) is 0 Å². The molecule has 1 saturated carbocycles. The molecule has 1 fully saturated rings. The van der Waals surface area contributed by atoms with Crippen molar-refractivity contribution < 1.29 is 0 Å². The lowest BCUT2D eigenvalue weighted by Gasteiger charge is -2.15. The molecule has 0 radical (unpaired) electrons. The number of nitrogens with one attached hydrogen (secondary N) is 1. The number of fused-ring (bicyclic) bond motifs is 3. The molecule has 1 aliphatic carbocycles. The Bertz CT molecular complexity index is 1520. The van der Waals surface area contributed by atoms with Crippen molar-refractivity contribution in [2.24, 2.45) is 5.92 Å². The molecule has 0 atom stereocenters. The molecular formula is C34H37N3. The number of aromatic nitrogens is 2. The van der Waals surface area contributed by atoms with Crippen LogP contribution in [-0.2, 0) is 0 Å². The van der Waals surface area contributed by atoms with Crippen molar-refractivity contribution in [1.29, 1.82) is 0 Å². The summed E-state index contributed by atoms with van der Waals surface area (Å²) in [7, 11) is 1.91. The second-order valence-electron chi connectivity index (χ2n) is 10.3. The fraction of sp³-hybridized carbons (Fsp3) is 0.265. The predicted molar refractivity (Wildman–Crippen MR) is 159 cm³/mol. The fourth-order valence-corrected chi connectivity index (χ4v) is 5.63. The van der Waals surface area contributed by atoms with E-state index in [1.54, 1.807) is 0 Å². The van der Waals surface area contributed by atoms with E-state index in [2.05, 4.69) is 102 Å². The Labute approximate surface area is 220 Å². The van der Waals surface area contributed by atoms with Gasteiger partial charge < -0.3 is 9.88 Å². The van der Waals surface area contributed by atoms with E-state index in [1.165, 1.54) is 65.0 Å². The Kier molecular flexibility index (Phi) is 7.41. The molecule has 5 aromatic rings. The summed E-state index contributed by atoms with van der Waals surface area (Å²) in [5.74, 6) is 1.04. The lowest BCUT2D eigenvalue weighted by Crippen LogP contribution is -2.05. The second-order valence-corrected chi connectivity index (χ2v) is 10.3. The van der Waals surface area contributed by atoms with Gasteiger partial charge in [0, 0.05) is 52.7 Å². The van der Waals surface area contributed by atoms with Gasteiger partial charge in [-0.05, 0) is 54.3 Å². The molecule has 3 aromatic carbocycles. The molecule has 3 nitrogen and oxygen atoms in total. The number of hydrogen-bond acceptors (Lipinski definition) is 2. The molecule has 2 heterocycles. The van der Waals surface area contributed by atoms with Crippen molar-refractivity contribution in [3.8, 4) is 16.8 Å². The molecule has 2 aromatic heterocycles. The quantitative estimate of drug-likeness (QED) is 0.274. The van der Waals surface area contributed by atoms with Crippen molar-refractivity contribution in [2.75, 3.05) is 7.05 Å². The van der Waals surface area contributed by atoms with Gasteiger partial charge in [0.05, 0.1) is 11.0 Å². The average molecular weight is 488 g/mol. The Morgan fingerprint density at radius 1 is 0.919 bits per heavy atom. The standard InChI is InChI=1S/C27H23N3.C7H14/c1-18-16-21(13-14-22(18)19(2)28-3)30-25-11-5-4-9-24(25)27-23(10-6-12-26(27)30)20-8-7-15-29-17-20;1-7-5-3-2-4-6-7/h4-17,28H,2H2,1,3H3;7H,2-6H2,1H3. The van der Waals surface area contributed by atoms with Crippen LogP contribution in [0.2, 0.25) is 0 Å². The van der Waals surface area contributed by atoms with Crippen LogP contribution in [-0.4, -0.2) is 16.6 Å². The van der Waals surface area contributed by atoms with Gasteiger partial charge in [0.1, 0.15) is 0 Å². The zero-order valence-corrected chi connectivity index (χ0v) is 22.3. The molecule has 0 saturated heterocycles. The van der Waals surface area contributed by atoms with E-state index < -0.39 is 0 Å². The van der Waals surface area contributed by atoms with Crippen LogP contribution in [0.3, 0.4) is 0 Å². The zero-order chi connectivity index (χ0) is 25.8. The van der Waals surface area contributed by atoms with Crippen LogP contribution in [0.15, 0.2) is 91.8 Å². The molecule has 188 valence electrons. The first kappa shape index (κ1) is 24.8. The summed E-state index contributed by atoms with van der Waals surface area (Å²) in [5, 5.41) is 5.65. The summed E-state index contributed by atoms with van der Waals surface area (Å²) in [6.07, 6.45) is 11.2. The first-order valence-corrected chi connectivity index (χ1v) is 13.5. The largest absolute Gasteiger partial charge is 0.388 e. The van der Waals surface area contributed by atoms with Gasteiger partial charge in [-0.15, -0.1) is 0 Å². The van der Waals surface area contributed by atoms with E-state index >= 15 is 0 Å². The lowest BCUT2D eigenvalue weighted by atomic mass is 9.91. The minimum atomic E-state index is 0.931. The van der Waals surface area contributed by atoms with Gasteiger partial charge in [-0.25, -0.2) is 0 Å². The van der Waals surface area contributed by atoms with Crippen LogP contribution >= 0.6 is 0 Å². The number of aryl methyl sites for hydroxylation is 1. The summed E-state index contributed by atoms with van der Waals surface area (Å²) in [4.78, 5) is 4.34. The summed E-state index contributed by atoms with van der Waals surface area (Å²) < 4.78 is 2.35. The van der Waals surface area contributed by atoms with E-state index in [-0.39, 0.29) is 0 Å². The Morgan fingerprint density at radius 3 is 2.38 bits per heavy atom. The van der Waals surface area contributed by atoms with Crippen LogP contribution in [0.5, 0.6) is 0 Å². The third-order valence-corrected chi connectivity index (χ3v) is 7.66. The highest BCUT2D eigenvalue weighted by Gasteiger charge is 2.16. The second kappa shape index (κ2) is 11.0. The van der Waals surface area contributed by atoms with Gasteiger partial charge in [0.25, 0.3) is 0 Å². The maximum absolute atomic E-state index is 4.34. The monoisotopic (exact) mass is 487 g/mol. The van der Waals surface area contributed by atoms with Crippen LogP contribution in [0, 0.1) is 12.8 Å². The van der Waals surface area contributed by atoms with Gasteiger partial charge in [-0.1, -0.05) is 88.1 Å². The van der Waals surface area contributed by atoms with E-state index in [9.17, 15) is 0 Å². The van der Waals surface area contributed by atoms with Gasteiger partial charge in [-0.2, -0.15) is 0 Å². The Hall–Kier alpha value is -3.85. The van der Waals surface area contributed by atoms with Crippen molar-refractivity contribution in [3.63, 3.8) is 0 Å². The SMILES string of the molecule is C=C(NC)c1ccc(-n2c3ccccc3c3c(-c4cccnc4)cccc32)cc1C.CC1CCCCC1. The van der Waals surface area contributed by atoms with Crippen molar-refractivity contribution in [2.45, 2.75) is 46.0 Å². The molecule has 1 aliphatic rings. The number of nitrogens with zero attached hydrogens (tertiary/aromatic N) is 2. The van der Waals surface area contributed by atoms with Gasteiger partial charge in [-0.3, -0.25) is 4.98 Å². The average Bonchev–Trinajstić information content (AvgIpc) is 3.28. The summed E-state index contributed by atoms with van der Waals surface area (Å²) in [5.41, 5.74) is 9.13. The molecule has 0 aliphatic heterocycles. The van der Waals surface area contributed by atoms with Crippen molar-refractivity contribution in [3.05, 3.63) is 103 Å². The van der Waals surface area contributed by atoms with Crippen LogP contribution in [0.4, 0.5) is 0 Å². The third kappa shape index (κ3) is 5.04. The summed E-state index contributed by atoms with van der Waals surface area (Å²) >= 11 is 0. The first-order chi connectivity index (χ1) is 18.1. The molecular weight excluding hydrogens is 450 g/mol. The fourth-order valence-electron chi connectivity index (χ4n) is 5.63. The molecule has 6 rings (SSSR count). The Morgan fingerprint density at radius 2 is 1.70 bits per heavy atom. The molecule has 37 heavy (non-hydrogen) atoms. The first-order valence-electron chi connectivity index (χ1n) is 13.5. The number of para-hydroxylation sites is 1. The normalized spacial score (nSPS) is 13.8. The molecule has 0 bridgehead atoms. The smallest absolute Gasteiger partial charge is 0.0547 e. The number of rotatable bonds is 4. The van der Waals surface area contributed by atoms with E-state index in [0.717, 1.165) is 28.4 Å². The molecule has 1 N–H and O–H groups in total. The number of hydrogen-bond donors (Lipinski definition) is 1. The maximum atomic E-state index is 4.34. The molecule has 3 heteroatoms. The van der Waals surface area contributed by atoms with Crippen LogP contribution < -0.4 is 5.32 Å². The molecule has 0 unspecified atom stereocenters. The van der Waals surface area contributed by atoms with Gasteiger partial charge >= 0.3 is 0 Å². The van der Waals surface area contributed by atoms with Crippen LogP contribution in [0.1, 0.15) is 50.2 Å². The molecule has 0 amide bonds. The predicted octanol–water partition coefficient (Wildman–Crippen LogP) is 8.93. The summed E-state index contributed by atoms with van der Waals surface area (Å²) in [6, 6.07) is 25.8.